The number of unbranched alkanes of at least 4 members (excludes halogenated alkanes) is 2. The minimum Gasteiger partial charge on any atom is -0.481 e. The minimum absolute atomic E-state index is 0.00790. The number of carbonyl (C=O) groups excluding carboxylic acids is 1. The van der Waals surface area contributed by atoms with Crippen molar-refractivity contribution in [2.24, 2.45) is 0 Å². The summed E-state index contributed by atoms with van der Waals surface area (Å²) in [5.41, 5.74) is 0. The van der Waals surface area contributed by atoms with E-state index in [1.807, 2.05) is 4.90 Å². The van der Waals surface area contributed by atoms with Crippen LogP contribution < -0.4 is 5.32 Å². The third-order valence-corrected chi connectivity index (χ3v) is 3.35. The quantitative estimate of drug-likeness (QED) is 0.706. The first-order valence-corrected chi connectivity index (χ1v) is 7.02. The largest absolute Gasteiger partial charge is 0.481 e. The van der Waals surface area contributed by atoms with Crippen LogP contribution in [0.15, 0.2) is 0 Å². The molecule has 0 atom stereocenters. The van der Waals surface area contributed by atoms with Crippen LogP contribution in [0.3, 0.4) is 0 Å². The molecule has 0 radical (unpaired) electrons. The van der Waals surface area contributed by atoms with E-state index in [0.29, 0.717) is 13.0 Å². The zero-order valence-corrected chi connectivity index (χ0v) is 11.7. The summed E-state index contributed by atoms with van der Waals surface area (Å²) in [6.45, 7) is 4.19. The number of hydrogen-bond acceptors (Lipinski definition) is 3. The SMILES string of the molecule is CN1CCCN(C(=O)NCCCCCC(=O)O)CC1. The van der Waals surface area contributed by atoms with Crippen LogP contribution in [0.1, 0.15) is 32.1 Å². The number of nitrogens with one attached hydrogen (secondary N) is 1. The normalized spacial score (nSPS) is 17.0. The van der Waals surface area contributed by atoms with Gasteiger partial charge in [-0.2, -0.15) is 0 Å². The molecule has 110 valence electrons. The van der Waals surface area contributed by atoms with Crippen LogP contribution in [0.4, 0.5) is 4.79 Å². The van der Waals surface area contributed by atoms with Crippen LogP contribution in [0.25, 0.3) is 0 Å². The van der Waals surface area contributed by atoms with Crippen molar-refractivity contribution >= 4 is 12.0 Å². The molecule has 19 heavy (non-hydrogen) atoms. The molecule has 0 aromatic heterocycles. The first kappa shape index (κ1) is 15.8. The highest BCUT2D eigenvalue weighted by molar-refractivity contribution is 5.74. The van der Waals surface area contributed by atoms with Crippen LogP contribution in [0, 0.1) is 0 Å². The monoisotopic (exact) mass is 271 g/mol. The number of likely N-dealkylation sites (N-methyl/N-ethyl adjacent to an activating group) is 1. The first-order valence-electron chi connectivity index (χ1n) is 7.02. The van der Waals surface area contributed by atoms with E-state index in [9.17, 15) is 9.59 Å². The molecule has 1 aliphatic rings. The second-order valence-corrected chi connectivity index (χ2v) is 5.08. The molecular weight excluding hydrogens is 246 g/mol. The molecule has 0 aliphatic carbocycles. The smallest absolute Gasteiger partial charge is 0.317 e. The Balaban J connectivity index is 2.08. The zero-order chi connectivity index (χ0) is 14.1. The van der Waals surface area contributed by atoms with Crippen LogP contribution in [-0.4, -0.2) is 66.7 Å². The van der Waals surface area contributed by atoms with E-state index in [0.717, 1.165) is 45.4 Å². The van der Waals surface area contributed by atoms with Gasteiger partial charge in [-0.15, -0.1) is 0 Å². The maximum absolute atomic E-state index is 11.9. The predicted octanol–water partition coefficient (Wildman–Crippen LogP) is 0.978. The maximum atomic E-state index is 11.9. The van der Waals surface area contributed by atoms with Gasteiger partial charge in [0.2, 0.25) is 0 Å². The Morgan fingerprint density at radius 3 is 2.63 bits per heavy atom. The van der Waals surface area contributed by atoms with Gasteiger partial charge in [-0.3, -0.25) is 4.79 Å². The number of carbonyl (C=O) groups is 2. The summed E-state index contributed by atoms with van der Waals surface area (Å²) in [4.78, 5) is 26.3. The molecule has 0 spiro atoms. The molecule has 1 rings (SSSR count). The van der Waals surface area contributed by atoms with E-state index < -0.39 is 5.97 Å². The fraction of sp³-hybridized carbons (Fsp3) is 0.846. The lowest BCUT2D eigenvalue weighted by atomic mass is 10.2. The van der Waals surface area contributed by atoms with Gasteiger partial charge in [0.25, 0.3) is 0 Å². The summed E-state index contributed by atoms with van der Waals surface area (Å²) in [7, 11) is 2.07. The molecular formula is C13H25N3O3. The fourth-order valence-corrected chi connectivity index (χ4v) is 2.13. The van der Waals surface area contributed by atoms with Gasteiger partial charge in [0.05, 0.1) is 0 Å². The summed E-state index contributed by atoms with van der Waals surface area (Å²) in [5, 5.41) is 11.4. The lowest BCUT2D eigenvalue weighted by molar-refractivity contribution is -0.137. The Kier molecular flexibility index (Phi) is 7.25. The van der Waals surface area contributed by atoms with Gasteiger partial charge in [0, 0.05) is 32.6 Å². The Morgan fingerprint density at radius 1 is 1.11 bits per heavy atom. The molecule has 0 aromatic carbocycles. The molecule has 0 saturated carbocycles. The predicted molar refractivity (Wildman–Crippen MR) is 73.2 cm³/mol. The van der Waals surface area contributed by atoms with Crippen molar-refractivity contribution in [2.75, 3.05) is 39.8 Å². The lowest BCUT2D eigenvalue weighted by Gasteiger charge is -2.21. The number of amides is 2. The Labute approximate surface area is 114 Å². The second-order valence-electron chi connectivity index (χ2n) is 5.08. The molecule has 2 N–H and O–H groups in total. The molecule has 2 amide bonds. The molecule has 6 nitrogen and oxygen atoms in total. The number of carboxylic acid groups (broad SMARTS) is 1. The van der Waals surface area contributed by atoms with Crippen LogP contribution in [0.5, 0.6) is 0 Å². The second kappa shape index (κ2) is 8.74. The average molecular weight is 271 g/mol. The molecule has 0 bridgehead atoms. The third kappa shape index (κ3) is 7.00. The van der Waals surface area contributed by atoms with Crippen molar-refractivity contribution in [3.8, 4) is 0 Å². The molecule has 1 heterocycles. The van der Waals surface area contributed by atoms with Gasteiger partial charge < -0.3 is 20.2 Å². The summed E-state index contributed by atoms with van der Waals surface area (Å²) >= 11 is 0. The highest BCUT2D eigenvalue weighted by Gasteiger charge is 2.16. The molecule has 1 aliphatic heterocycles. The zero-order valence-electron chi connectivity index (χ0n) is 11.7. The number of rotatable bonds is 6. The van der Waals surface area contributed by atoms with Crippen LogP contribution in [-0.2, 0) is 4.79 Å². The highest BCUT2D eigenvalue weighted by Crippen LogP contribution is 2.02. The van der Waals surface area contributed by atoms with Crippen molar-refractivity contribution in [1.82, 2.24) is 15.1 Å². The van der Waals surface area contributed by atoms with Gasteiger partial charge in [-0.05, 0) is 32.9 Å². The molecule has 6 heteroatoms. The third-order valence-electron chi connectivity index (χ3n) is 3.35. The van der Waals surface area contributed by atoms with E-state index in [2.05, 4.69) is 17.3 Å². The van der Waals surface area contributed by atoms with E-state index in [1.54, 1.807) is 0 Å². The van der Waals surface area contributed by atoms with Crippen molar-refractivity contribution in [3.05, 3.63) is 0 Å². The van der Waals surface area contributed by atoms with E-state index in [4.69, 9.17) is 5.11 Å². The van der Waals surface area contributed by atoms with Gasteiger partial charge in [0.15, 0.2) is 0 Å². The van der Waals surface area contributed by atoms with Gasteiger partial charge in [-0.25, -0.2) is 4.79 Å². The summed E-state index contributed by atoms with van der Waals surface area (Å²) < 4.78 is 0. The lowest BCUT2D eigenvalue weighted by Crippen LogP contribution is -2.42. The molecule has 0 unspecified atom stereocenters. The Morgan fingerprint density at radius 2 is 1.89 bits per heavy atom. The number of aliphatic carboxylic acids is 1. The highest BCUT2D eigenvalue weighted by atomic mass is 16.4. The number of hydrogen-bond donors (Lipinski definition) is 2. The average Bonchev–Trinajstić information content (AvgIpc) is 2.58. The van der Waals surface area contributed by atoms with Crippen molar-refractivity contribution in [1.29, 1.82) is 0 Å². The minimum atomic E-state index is -0.752. The fourth-order valence-electron chi connectivity index (χ4n) is 2.13. The number of carboxylic acids is 1. The van der Waals surface area contributed by atoms with Crippen LogP contribution in [0.2, 0.25) is 0 Å². The van der Waals surface area contributed by atoms with E-state index in [1.165, 1.54) is 0 Å². The standard InChI is InChI=1S/C13H25N3O3/c1-15-8-5-9-16(11-10-15)13(19)14-7-4-2-3-6-12(17)18/h2-11H2,1H3,(H,14,19)(H,17,18). The van der Waals surface area contributed by atoms with E-state index >= 15 is 0 Å². The maximum Gasteiger partial charge on any atom is 0.317 e. The number of nitrogens with zero attached hydrogens (tertiary/aromatic N) is 2. The van der Waals surface area contributed by atoms with Gasteiger partial charge >= 0.3 is 12.0 Å². The van der Waals surface area contributed by atoms with Crippen molar-refractivity contribution in [3.63, 3.8) is 0 Å². The van der Waals surface area contributed by atoms with Crippen molar-refractivity contribution < 1.29 is 14.7 Å². The Hall–Kier alpha value is -1.30. The molecule has 0 aromatic rings. The van der Waals surface area contributed by atoms with Gasteiger partial charge in [0.1, 0.15) is 0 Å². The summed E-state index contributed by atoms with van der Waals surface area (Å²) in [6, 6.07) is 0.00790. The Bertz CT molecular complexity index is 297. The molecule has 1 saturated heterocycles. The summed E-state index contributed by atoms with van der Waals surface area (Å²) in [5.74, 6) is -0.752. The van der Waals surface area contributed by atoms with Gasteiger partial charge in [-0.1, -0.05) is 6.42 Å². The van der Waals surface area contributed by atoms with E-state index in [-0.39, 0.29) is 12.5 Å². The number of urea groups is 1. The summed E-state index contributed by atoms with van der Waals surface area (Å²) in [6.07, 6.45) is 3.59. The van der Waals surface area contributed by atoms with Crippen LogP contribution >= 0.6 is 0 Å². The molecule has 1 fully saturated rings. The first-order chi connectivity index (χ1) is 9.09. The van der Waals surface area contributed by atoms with Crippen molar-refractivity contribution in [2.45, 2.75) is 32.1 Å². The topological polar surface area (TPSA) is 72.9 Å².